The van der Waals surface area contributed by atoms with E-state index in [0.717, 1.165) is 19.6 Å². The lowest BCUT2D eigenvalue weighted by Crippen LogP contribution is -2.53. The highest BCUT2D eigenvalue weighted by Crippen LogP contribution is 2.23. The van der Waals surface area contributed by atoms with Crippen LogP contribution < -0.4 is 5.32 Å². The van der Waals surface area contributed by atoms with E-state index in [0.29, 0.717) is 12.1 Å². The van der Waals surface area contributed by atoms with Crippen LogP contribution in [0.25, 0.3) is 0 Å². The number of nitrogens with zero attached hydrogens (tertiary/aromatic N) is 2. The molecule has 1 saturated heterocycles. The van der Waals surface area contributed by atoms with Gasteiger partial charge in [-0.25, -0.2) is 0 Å². The summed E-state index contributed by atoms with van der Waals surface area (Å²) in [5.74, 6) is 0. The summed E-state index contributed by atoms with van der Waals surface area (Å²) in [6.45, 7) is 10.3. The molecule has 0 radical (unpaired) electrons. The Morgan fingerprint density at radius 2 is 2.00 bits per heavy atom. The van der Waals surface area contributed by atoms with E-state index in [1.165, 1.54) is 18.7 Å². The fourth-order valence-corrected chi connectivity index (χ4v) is 3.10. The lowest BCUT2D eigenvalue weighted by atomic mass is 10.0. The molecular formula is C16H27N3. The van der Waals surface area contributed by atoms with Crippen molar-refractivity contribution in [2.45, 2.75) is 25.9 Å². The van der Waals surface area contributed by atoms with Crippen LogP contribution in [0.3, 0.4) is 0 Å². The maximum absolute atomic E-state index is 3.35. The summed E-state index contributed by atoms with van der Waals surface area (Å²) in [5, 5.41) is 3.35. The Labute approximate surface area is 117 Å². The van der Waals surface area contributed by atoms with E-state index in [1.807, 2.05) is 7.05 Å². The van der Waals surface area contributed by atoms with E-state index >= 15 is 0 Å². The number of piperazine rings is 1. The van der Waals surface area contributed by atoms with E-state index in [2.05, 4.69) is 59.3 Å². The molecule has 1 aromatic carbocycles. The first-order chi connectivity index (χ1) is 9.26. The van der Waals surface area contributed by atoms with Gasteiger partial charge in [0.1, 0.15) is 0 Å². The van der Waals surface area contributed by atoms with Crippen molar-refractivity contribution in [2.75, 3.05) is 39.8 Å². The fraction of sp³-hybridized carbons (Fsp3) is 0.625. The van der Waals surface area contributed by atoms with Gasteiger partial charge in [-0.15, -0.1) is 0 Å². The van der Waals surface area contributed by atoms with Gasteiger partial charge in [-0.05, 0) is 26.1 Å². The number of nitrogens with one attached hydrogen (secondary N) is 1. The normalized spacial score (nSPS) is 23.4. The molecule has 0 bridgehead atoms. The van der Waals surface area contributed by atoms with Crippen LogP contribution in [0.2, 0.25) is 0 Å². The topological polar surface area (TPSA) is 18.5 Å². The Morgan fingerprint density at radius 3 is 2.58 bits per heavy atom. The van der Waals surface area contributed by atoms with Crippen LogP contribution >= 0.6 is 0 Å². The van der Waals surface area contributed by atoms with E-state index in [-0.39, 0.29) is 0 Å². The number of hydrogen-bond donors (Lipinski definition) is 1. The van der Waals surface area contributed by atoms with E-state index in [4.69, 9.17) is 0 Å². The third-order valence-corrected chi connectivity index (χ3v) is 4.23. The molecule has 1 aromatic rings. The van der Waals surface area contributed by atoms with Gasteiger partial charge >= 0.3 is 0 Å². The minimum atomic E-state index is 0.493. The highest BCUT2D eigenvalue weighted by atomic mass is 15.3. The molecule has 1 aliphatic heterocycles. The minimum absolute atomic E-state index is 0.493. The Hall–Kier alpha value is -0.900. The fourth-order valence-electron chi connectivity index (χ4n) is 3.10. The molecule has 0 aromatic heterocycles. The monoisotopic (exact) mass is 261 g/mol. The second kappa shape index (κ2) is 7.04. The molecule has 1 heterocycles. The Balaban J connectivity index is 2.08. The zero-order chi connectivity index (χ0) is 13.7. The average Bonchev–Trinajstić information content (AvgIpc) is 2.45. The number of benzene rings is 1. The standard InChI is InChI=1S/C16H27N3/c1-4-18-10-11-19(13-14(18)2)16(12-17-3)15-8-6-5-7-9-15/h5-9,14,16-17H,4,10-13H2,1-3H3. The summed E-state index contributed by atoms with van der Waals surface area (Å²) >= 11 is 0. The van der Waals surface area contributed by atoms with E-state index in [9.17, 15) is 0 Å². The zero-order valence-electron chi connectivity index (χ0n) is 12.5. The molecule has 2 unspecified atom stereocenters. The van der Waals surface area contributed by atoms with Crippen molar-refractivity contribution >= 4 is 0 Å². The molecule has 1 fully saturated rings. The highest BCUT2D eigenvalue weighted by molar-refractivity contribution is 5.19. The smallest absolute Gasteiger partial charge is 0.0473 e. The van der Waals surface area contributed by atoms with Crippen LogP contribution in [0.15, 0.2) is 30.3 Å². The number of hydrogen-bond acceptors (Lipinski definition) is 3. The summed E-state index contributed by atoms with van der Waals surface area (Å²) in [4.78, 5) is 5.20. The van der Waals surface area contributed by atoms with Crippen molar-refractivity contribution in [3.8, 4) is 0 Å². The van der Waals surface area contributed by atoms with Gasteiger partial charge in [0.05, 0.1) is 0 Å². The minimum Gasteiger partial charge on any atom is -0.318 e. The molecule has 2 atom stereocenters. The number of likely N-dealkylation sites (N-methyl/N-ethyl adjacent to an activating group) is 2. The maximum atomic E-state index is 3.35. The Morgan fingerprint density at radius 1 is 1.26 bits per heavy atom. The SMILES string of the molecule is CCN1CCN(C(CNC)c2ccccc2)CC1C. The summed E-state index contributed by atoms with van der Waals surface area (Å²) < 4.78 is 0. The van der Waals surface area contributed by atoms with Crippen molar-refractivity contribution < 1.29 is 0 Å². The highest BCUT2D eigenvalue weighted by Gasteiger charge is 2.27. The van der Waals surface area contributed by atoms with Crippen LogP contribution in [0.5, 0.6) is 0 Å². The van der Waals surface area contributed by atoms with Gasteiger partial charge in [-0.3, -0.25) is 9.80 Å². The molecule has 0 aliphatic carbocycles. The molecule has 0 amide bonds. The van der Waals surface area contributed by atoms with Gasteiger partial charge in [0.15, 0.2) is 0 Å². The second-order valence-electron chi connectivity index (χ2n) is 5.46. The van der Waals surface area contributed by atoms with Gasteiger partial charge in [0, 0.05) is 38.3 Å². The number of rotatable bonds is 5. The van der Waals surface area contributed by atoms with Gasteiger partial charge in [-0.2, -0.15) is 0 Å². The third kappa shape index (κ3) is 3.56. The largest absolute Gasteiger partial charge is 0.318 e. The van der Waals surface area contributed by atoms with Gasteiger partial charge in [0.2, 0.25) is 0 Å². The molecule has 0 spiro atoms. The lowest BCUT2D eigenvalue weighted by Gasteiger charge is -2.43. The molecule has 2 rings (SSSR count). The zero-order valence-corrected chi connectivity index (χ0v) is 12.5. The van der Waals surface area contributed by atoms with Crippen molar-refractivity contribution in [1.82, 2.24) is 15.1 Å². The van der Waals surface area contributed by atoms with Crippen LogP contribution in [0, 0.1) is 0 Å². The van der Waals surface area contributed by atoms with Gasteiger partial charge in [0.25, 0.3) is 0 Å². The maximum Gasteiger partial charge on any atom is 0.0473 e. The molecule has 0 saturated carbocycles. The summed E-state index contributed by atoms with van der Waals surface area (Å²) in [5.41, 5.74) is 1.42. The van der Waals surface area contributed by atoms with Crippen molar-refractivity contribution in [3.05, 3.63) is 35.9 Å². The molecule has 19 heavy (non-hydrogen) atoms. The quantitative estimate of drug-likeness (QED) is 0.874. The van der Waals surface area contributed by atoms with Crippen LogP contribution in [0.4, 0.5) is 0 Å². The summed E-state index contributed by atoms with van der Waals surface area (Å²) in [7, 11) is 2.04. The molecule has 106 valence electrons. The van der Waals surface area contributed by atoms with Gasteiger partial charge in [-0.1, -0.05) is 37.3 Å². The van der Waals surface area contributed by atoms with Crippen LogP contribution in [-0.4, -0.2) is 55.6 Å². The van der Waals surface area contributed by atoms with Crippen molar-refractivity contribution in [3.63, 3.8) is 0 Å². The first-order valence-electron chi connectivity index (χ1n) is 7.44. The van der Waals surface area contributed by atoms with Gasteiger partial charge < -0.3 is 5.32 Å². The molecule has 3 heteroatoms. The molecular weight excluding hydrogens is 234 g/mol. The summed E-state index contributed by atoms with van der Waals surface area (Å²) in [6, 6.07) is 12.0. The first kappa shape index (κ1) is 14.5. The van der Waals surface area contributed by atoms with E-state index in [1.54, 1.807) is 0 Å². The molecule has 1 N–H and O–H groups in total. The lowest BCUT2D eigenvalue weighted by molar-refractivity contribution is 0.0586. The Bertz CT molecular complexity index is 366. The van der Waals surface area contributed by atoms with Crippen molar-refractivity contribution in [2.24, 2.45) is 0 Å². The molecule has 3 nitrogen and oxygen atoms in total. The Kier molecular flexibility index (Phi) is 5.37. The van der Waals surface area contributed by atoms with E-state index < -0.39 is 0 Å². The van der Waals surface area contributed by atoms with Crippen LogP contribution in [-0.2, 0) is 0 Å². The first-order valence-corrected chi connectivity index (χ1v) is 7.44. The average molecular weight is 261 g/mol. The third-order valence-electron chi connectivity index (χ3n) is 4.23. The van der Waals surface area contributed by atoms with Crippen LogP contribution in [0.1, 0.15) is 25.5 Å². The van der Waals surface area contributed by atoms with Crippen molar-refractivity contribution in [1.29, 1.82) is 0 Å². The second-order valence-corrected chi connectivity index (χ2v) is 5.46. The summed E-state index contributed by atoms with van der Waals surface area (Å²) in [6.07, 6.45) is 0. The predicted molar refractivity (Wildman–Crippen MR) is 81.4 cm³/mol. The molecule has 1 aliphatic rings. The predicted octanol–water partition coefficient (Wildman–Crippen LogP) is 1.97.